The first-order chi connectivity index (χ1) is 13.4. The fourth-order valence-electron chi connectivity index (χ4n) is 3.77. The second-order valence-electron chi connectivity index (χ2n) is 7.66. The summed E-state index contributed by atoms with van der Waals surface area (Å²) in [7, 11) is 1.64. The maximum atomic E-state index is 11.8. The van der Waals surface area contributed by atoms with E-state index in [0.717, 1.165) is 35.5 Å². The van der Waals surface area contributed by atoms with Gasteiger partial charge in [0.25, 0.3) is 5.91 Å². The van der Waals surface area contributed by atoms with Crippen LogP contribution in [-0.4, -0.2) is 46.0 Å². The Hall–Kier alpha value is -2.66. The molecule has 5 nitrogen and oxygen atoms in total. The summed E-state index contributed by atoms with van der Waals surface area (Å²) < 4.78 is 2.29. The predicted molar refractivity (Wildman–Crippen MR) is 116 cm³/mol. The van der Waals surface area contributed by atoms with Crippen LogP contribution in [0.1, 0.15) is 38.1 Å². The molecular weight excluding hydrogens is 348 g/mol. The first kappa shape index (κ1) is 20.1. The highest BCUT2D eigenvalue weighted by Crippen LogP contribution is 2.25. The fourth-order valence-corrected chi connectivity index (χ4v) is 3.77. The van der Waals surface area contributed by atoms with Gasteiger partial charge in [-0.2, -0.15) is 0 Å². The van der Waals surface area contributed by atoms with Crippen molar-refractivity contribution in [2.75, 3.05) is 13.6 Å². The molecule has 0 aliphatic carbocycles. The van der Waals surface area contributed by atoms with Crippen molar-refractivity contribution < 1.29 is 4.79 Å². The highest BCUT2D eigenvalue weighted by atomic mass is 16.1. The van der Waals surface area contributed by atoms with E-state index in [9.17, 15) is 4.79 Å². The van der Waals surface area contributed by atoms with E-state index in [1.165, 1.54) is 0 Å². The Balaban J connectivity index is 1.98. The molecule has 1 N–H and O–H groups in total. The molecule has 28 heavy (non-hydrogen) atoms. The zero-order valence-electron chi connectivity index (χ0n) is 17.4. The summed E-state index contributed by atoms with van der Waals surface area (Å²) in [6.45, 7) is 10.8. The van der Waals surface area contributed by atoms with Gasteiger partial charge in [-0.1, -0.05) is 24.3 Å². The summed E-state index contributed by atoms with van der Waals surface area (Å²) in [5.74, 6) is 0.863. The Morgan fingerprint density at radius 1 is 1.04 bits per heavy atom. The van der Waals surface area contributed by atoms with E-state index in [2.05, 4.69) is 60.7 Å². The van der Waals surface area contributed by atoms with Gasteiger partial charge in [-0.25, -0.2) is 4.98 Å². The van der Waals surface area contributed by atoms with E-state index in [-0.39, 0.29) is 5.91 Å². The number of nitrogens with one attached hydrogen (secondary N) is 1. The van der Waals surface area contributed by atoms with Gasteiger partial charge in [0.1, 0.15) is 5.82 Å². The number of aromatic nitrogens is 2. The second kappa shape index (κ2) is 8.57. The van der Waals surface area contributed by atoms with Crippen molar-refractivity contribution in [2.45, 2.75) is 46.3 Å². The van der Waals surface area contributed by atoms with Gasteiger partial charge in [0, 0.05) is 43.3 Å². The third kappa shape index (κ3) is 4.09. The quantitative estimate of drug-likeness (QED) is 0.671. The number of imidazole rings is 1. The lowest BCUT2D eigenvalue weighted by Crippen LogP contribution is -2.39. The number of rotatable bonds is 7. The molecule has 0 radical (unpaired) electrons. The fraction of sp³-hybridized carbons (Fsp3) is 0.391. The molecular formula is C23H30N4O. The van der Waals surface area contributed by atoms with E-state index < -0.39 is 0 Å². The van der Waals surface area contributed by atoms with E-state index in [1.54, 1.807) is 7.05 Å². The largest absolute Gasteiger partial charge is 0.355 e. The molecule has 0 saturated heterocycles. The Morgan fingerprint density at radius 3 is 2.29 bits per heavy atom. The maximum absolute atomic E-state index is 11.8. The van der Waals surface area contributed by atoms with Crippen LogP contribution in [-0.2, 0) is 6.54 Å². The topological polar surface area (TPSA) is 50.2 Å². The van der Waals surface area contributed by atoms with Crippen molar-refractivity contribution >= 4 is 16.9 Å². The highest BCUT2D eigenvalue weighted by molar-refractivity contribution is 5.94. The number of benzene rings is 2. The summed E-state index contributed by atoms with van der Waals surface area (Å²) in [4.78, 5) is 19.2. The minimum absolute atomic E-state index is 0.0791. The molecule has 2 aromatic carbocycles. The Morgan fingerprint density at radius 2 is 1.68 bits per heavy atom. The van der Waals surface area contributed by atoms with Crippen LogP contribution in [0.2, 0.25) is 0 Å². The SMILES string of the molecule is CNC(=O)c1ccc(-c2nc3ccccc3n2CCN(C(C)C)C(C)C)cc1. The second-order valence-corrected chi connectivity index (χ2v) is 7.66. The monoisotopic (exact) mass is 378 g/mol. The first-order valence-corrected chi connectivity index (χ1v) is 9.96. The smallest absolute Gasteiger partial charge is 0.251 e. The minimum Gasteiger partial charge on any atom is -0.355 e. The van der Waals surface area contributed by atoms with Crippen molar-refractivity contribution in [2.24, 2.45) is 0 Å². The van der Waals surface area contributed by atoms with Crippen molar-refractivity contribution in [3.05, 3.63) is 54.1 Å². The van der Waals surface area contributed by atoms with Crippen LogP contribution < -0.4 is 5.32 Å². The average molecular weight is 379 g/mol. The summed E-state index contributed by atoms with van der Waals surface area (Å²) in [5.41, 5.74) is 3.80. The number of nitrogens with zero attached hydrogens (tertiary/aromatic N) is 3. The van der Waals surface area contributed by atoms with Gasteiger partial charge < -0.3 is 9.88 Å². The van der Waals surface area contributed by atoms with Crippen molar-refractivity contribution in [1.82, 2.24) is 19.8 Å². The van der Waals surface area contributed by atoms with E-state index in [1.807, 2.05) is 30.3 Å². The van der Waals surface area contributed by atoms with Crippen LogP contribution in [0.25, 0.3) is 22.4 Å². The zero-order valence-corrected chi connectivity index (χ0v) is 17.4. The van der Waals surface area contributed by atoms with Gasteiger partial charge in [-0.3, -0.25) is 9.69 Å². The number of amides is 1. The van der Waals surface area contributed by atoms with Crippen LogP contribution in [0.15, 0.2) is 48.5 Å². The van der Waals surface area contributed by atoms with Gasteiger partial charge in [0.15, 0.2) is 0 Å². The van der Waals surface area contributed by atoms with Crippen LogP contribution in [0, 0.1) is 0 Å². The van der Waals surface area contributed by atoms with Crippen LogP contribution >= 0.6 is 0 Å². The molecule has 0 saturated carbocycles. The molecule has 1 aromatic heterocycles. The molecule has 148 valence electrons. The molecule has 3 rings (SSSR count). The predicted octanol–water partition coefficient (Wildman–Crippen LogP) is 4.18. The molecule has 0 bridgehead atoms. The standard InChI is InChI=1S/C23H30N4O/c1-16(2)26(17(3)4)14-15-27-21-9-7-6-8-20(21)25-22(27)18-10-12-19(13-11-18)23(28)24-5/h6-13,16-17H,14-15H2,1-5H3,(H,24,28). The summed E-state index contributed by atoms with van der Waals surface area (Å²) >= 11 is 0. The number of hydrogen-bond donors (Lipinski definition) is 1. The van der Waals surface area contributed by atoms with Crippen molar-refractivity contribution in [3.63, 3.8) is 0 Å². The molecule has 0 aliphatic heterocycles. The van der Waals surface area contributed by atoms with Crippen molar-refractivity contribution in [1.29, 1.82) is 0 Å². The summed E-state index contributed by atoms with van der Waals surface area (Å²) in [6, 6.07) is 16.9. The number of carbonyl (C=O) groups excluding carboxylic acids is 1. The van der Waals surface area contributed by atoms with E-state index in [0.29, 0.717) is 17.6 Å². The minimum atomic E-state index is -0.0791. The number of para-hydroxylation sites is 2. The summed E-state index contributed by atoms with van der Waals surface area (Å²) in [6.07, 6.45) is 0. The normalized spacial score (nSPS) is 11.7. The average Bonchev–Trinajstić information content (AvgIpc) is 3.06. The molecule has 0 atom stereocenters. The molecule has 0 unspecified atom stereocenters. The molecule has 1 heterocycles. The zero-order chi connectivity index (χ0) is 20.3. The third-order valence-corrected chi connectivity index (χ3v) is 5.20. The molecule has 3 aromatic rings. The number of hydrogen-bond acceptors (Lipinski definition) is 3. The third-order valence-electron chi connectivity index (χ3n) is 5.20. The van der Waals surface area contributed by atoms with Gasteiger partial charge in [0.05, 0.1) is 11.0 Å². The Kier molecular flexibility index (Phi) is 6.15. The molecule has 0 fully saturated rings. The Labute approximate surface area is 167 Å². The van der Waals surface area contributed by atoms with Gasteiger partial charge in [-0.05, 0) is 52.0 Å². The van der Waals surface area contributed by atoms with Crippen LogP contribution in [0.4, 0.5) is 0 Å². The lowest BCUT2D eigenvalue weighted by Gasteiger charge is -2.30. The van der Waals surface area contributed by atoms with Gasteiger partial charge in [-0.15, -0.1) is 0 Å². The Bertz CT molecular complexity index is 933. The highest BCUT2D eigenvalue weighted by Gasteiger charge is 2.17. The molecule has 1 amide bonds. The first-order valence-electron chi connectivity index (χ1n) is 9.96. The molecule has 5 heteroatoms. The van der Waals surface area contributed by atoms with Gasteiger partial charge in [0.2, 0.25) is 0 Å². The molecule has 0 spiro atoms. The van der Waals surface area contributed by atoms with Gasteiger partial charge >= 0.3 is 0 Å². The van der Waals surface area contributed by atoms with Crippen molar-refractivity contribution in [3.8, 4) is 11.4 Å². The van der Waals surface area contributed by atoms with E-state index >= 15 is 0 Å². The lowest BCUT2D eigenvalue weighted by atomic mass is 10.1. The van der Waals surface area contributed by atoms with E-state index in [4.69, 9.17) is 4.98 Å². The molecule has 0 aliphatic rings. The van der Waals surface area contributed by atoms with Crippen LogP contribution in [0.5, 0.6) is 0 Å². The maximum Gasteiger partial charge on any atom is 0.251 e. The lowest BCUT2D eigenvalue weighted by molar-refractivity contribution is 0.0963. The van der Waals surface area contributed by atoms with Crippen LogP contribution in [0.3, 0.4) is 0 Å². The summed E-state index contributed by atoms with van der Waals surface area (Å²) in [5, 5.41) is 2.66. The number of carbonyl (C=O) groups is 1. The number of fused-ring (bicyclic) bond motifs is 1.